The second-order valence-electron chi connectivity index (χ2n) is 5.40. The Bertz CT molecular complexity index is 715. The first-order valence-electron chi connectivity index (χ1n) is 7.06. The molecule has 2 aliphatic heterocycles. The molecular formula is C15H17ClN2O2S. The number of amidine groups is 1. The van der Waals surface area contributed by atoms with Gasteiger partial charge in [-0.05, 0) is 43.9 Å². The molecule has 0 atom stereocenters. The standard InChI is InChI=1S/C15H17ClN2O2S/c1-11-14(12-5-7-13(16)8-6-12)21(19,20)17-15(11)18-9-3-2-4-10-18/h5-8H,2-4,9-10H2,1H3. The van der Waals surface area contributed by atoms with Crippen molar-refractivity contribution in [2.45, 2.75) is 26.2 Å². The van der Waals surface area contributed by atoms with Gasteiger partial charge in [-0.1, -0.05) is 23.7 Å². The van der Waals surface area contributed by atoms with Crippen molar-refractivity contribution < 1.29 is 8.42 Å². The molecule has 0 spiro atoms. The quantitative estimate of drug-likeness (QED) is 0.796. The van der Waals surface area contributed by atoms with Crippen LogP contribution < -0.4 is 0 Å². The second-order valence-corrected chi connectivity index (χ2v) is 7.38. The highest BCUT2D eigenvalue weighted by Crippen LogP contribution is 2.34. The molecule has 0 unspecified atom stereocenters. The highest BCUT2D eigenvalue weighted by atomic mass is 35.5. The highest BCUT2D eigenvalue weighted by Gasteiger charge is 2.33. The van der Waals surface area contributed by atoms with Gasteiger partial charge in [0.15, 0.2) is 0 Å². The Morgan fingerprint density at radius 2 is 1.71 bits per heavy atom. The normalized spacial score (nSPS) is 21.6. The number of rotatable bonds is 1. The van der Waals surface area contributed by atoms with E-state index >= 15 is 0 Å². The van der Waals surface area contributed by atoms with Crippen molar-refractivity contribution in [3.8, 4) is 0 Å². The summed E-state index contributed by atoms with van der Waals surface area (Å²) in [5, 5.41) is 0.588. The molecule has 1 saturated heterocycles. The molecular weight excluding hydrogens is 308 g/mol. The van der Waals surface area contributed by atoms with Crippen LogP contribution in [0.15, 0.2) is 34.2 Å². The Balaban J connectivity index is 2.03. The molecule has 0 amide bonds. The molecule has 0 saturated carbocycles. The first-order chi connectivity index (χ1) is 9.99. The molecule has 6 heteroatoms. The predicted octanol–water partition coefficient (Wildman–Crippen LogP) is 3.30. The Morgan fingerprint density at radius 3 is 2.33 bits per heavy atom. The number of benzene rings is 1. The lowest BCUT2D eigenvalue weighted by Gasteiger charge is -2.28. The highest BCUT2D eigenvalue weighted by molar-refractivity contribution is 8.00. The van der Waals surface area contributed by atoms with E-state index in [0.29, 0.717) is 21.3 Å². The summed E-state index contributed by atoms with van der Waals surface area (Å²) in [5.74, 6) is 0.611. The summed E-state index contributed by atoms with van der Waals surface area (Å²) >= 11 is 5.87. The molecule has 0 radical (unpaired) electrons. The fourth-order valence-electron chi connectivity index (χ4n) is 2.89. The Hall–Kier alpha value is -1.33. The fraction of sp³-hybridized carbons (Fsp3) is 0.400. The van der Waals surface area contributed by atoms with E-state index in [2.05, 4.69) is 9.30 Å². The number of hydrogen-bond donors (Lipinski definition) is 0. The average molecular weight is 325 g/mol. The molecule has 2 aliphatic rings. The third-order valence-electron chi connectivity index (χ3n) is 3.90. The molecule has 0 N–H and O–H groups in total. The summed E-state index contributed by atoms with van der Waals surface area (Å²) in [4.78, 5) is 2.39. The molecule has 3 rings (SSSR count). The van der Waals surface area contributed by atoms with Crippen LogP contribution in [0, 0.1) is 0 Å². The van der Waals surface area contributed by atoms with E-state index in [-0.39, 0.29) is 0 Å². The van der Waals surface area contributed by atoms with Crippen LogP contribution in [-0.4, -0.2) is 32.2 Å². The van der Waals surface area contributed by atoms with E-state index in [4.69, 9.17) is 11.6 Å². The van der Waals surface area contributed by atoms with Gasteiger partial charge in [-0.3, -0.25) is 0 Å². The summed E-state index contributed by atoms with van der Waals surface area (Å²) in [6.45, 7) is 3.58. The molecule has 4 nitrogen and oxygen atoms in total. The van der Waals surface area contributed by atoms with E-state index in [1.54, 1.807) is 24.3 Å². The summed E-state index contributed by atoms with van der Waals surface area (Å²) in [6, 6.07) is 6.86. The van der Waals surface area contributed by atoms with Crippen molar-refractivity contribution in [2.75, 3.05) is 13.1 Å². The summed E-state index contributed by atoms with van der Waals surface area (Å²) in [5.41, 5.74) is 1.38. The third-order valence-corrected chi connectivity index (χ3v) is 5.63. The maximum Gasteiger partial charge on any atom is 0.285 e. The minimum absolute atomic E-state index is 0.305. The molecule has 21 heavy (non-hydrogen) atoms. The Labute approximate surface area is 130 Å². The fourth-order valence-corrected chi connectivity index (χ4v) is 4.50. The van der Waals surface area contributed by atoms with Crippen LogP contribution in [-0.2, 0) is 10.0 Å². The van der Waals surface area contributed by atoms with Crippen LogP contribution in [0.1, 0.15) is 31.7 Å². The third kappa shape index (κ3) is 2.72. The van der Waals surface area contributed by atoms with Crippen LogP contribution >= 0.6 is 11.6 Å². The predicted molar refractivity (Wildman–Crippen MR) is 85.8 cm³/mol. The van der Waals surface area contributed by atoms with E-state index in [1.165, 1.54) is 6.42 Å². The molecule has 0 aliphatic carbocycles. The average Bonchev–Trinajstić information content (AvgIpc) is 2.71. The van der Waals surface area contributed by atoms with Gasteiger partial charge >= 0.3 is 0 Å². The van der Waals surface area contributed by atoms with Gasteiger partial charge in [-0.25, -0.2) is 0 Å². The van der Waals surface area contributed by atoms with Gasteiger partial charge in [0, 0.05) is 23.7 Å². The number of likely N-dealkylation sites (tertiary alicyclic amines) is 1. The van der Waals surface area contributed by atoms with Crippen LogP contribution in [0.2, 0.25) is 5.02 Å². The zero-order valence-electron chi connectivity index (χ0n) is 11.8. The zero-order valence-corrected chi connectivity index (χ0v) is 13.4. The Kier molecular flexibility index (Phi) is 3.80. The topological polar surface area (TPSA) is 49.7 Å². The summed E-state index contributed by atoms with van der Waals surface area (Å²) in [6.07, 6.45) is 3.37. The van der Waals surface area contributed by atoms with Gasteiger partial charge in [0.2, 0.25) is 0 Å². The Morgan fingerprint density at radius 1 is 1.10 bits per heavy atom. The smallest absolute Gasteiger partial charge is 0.285 e. The van der Waals surface area contributed by atoms with Gasteiger partial charge in [-0.15, -0.1) is 4.40 Å². The molecule has 1 aromatic carbocycles. The van der Waals surface area contributed by atoms with Crippen LogP contribution in [0.3, 0.4) is 0 Å². The van der Waals surface area contributed by atoms with Gasteiger partial charge in [0.25, 0.3) is 10.0 Å². The number of piperidine rings is 1. The minimum Gasteiger partial charge on any atom is -0.356 e. The lowest BCUT2D eigenvalue weighted by Crippen LogP contribution is -2.35. The molecule has 0 bridgehead atoms. The molecule has 0 aromatic heterocycles. The molecule has 2 heterocycles. The summed E-state index contributed by atoms with van der Waals surface area (Å²) < 4.78 is 28.8. The lowest BCUT2D eigenvalue weighted by molar-refractivity contribution is 0.343. The SMILES string of the molecule is CC1=C(c2ccc(Cl)cc2)S(=O)(=O)N=C1N1CCCCC1. The second kappa shape index (κ2) is 5.46. The van der Waals surface area contributed by atoms with E-state index < -0.39 is 10.0 Å². The maximum absolute atomic E-state index is 12.4. The van der Waals surface area contributed by atoms with Gasteiger partial charge < -0.3 is 4.90 Å². The van der Waals surface area contributed by atoms with E-state index in [1.807, 2.05) is 6.92 Å². The van der Waals surface area contributed by atoms with E-state index in [9.17, 15) is 8.42 Å². The zero-order chi connectivity index (χ0) is 15.0. The van der Waals surface area contributed by atoms with Gasteiger partial charge in [0.1, 0.15) is 10.7 Å². The molecule has 1 fully saturated rings. The van der Waals surface area contributed by atoms with Crippen molar-refractivity contribution >= 4 is 32.4 Å². The monoisotopic (exact) mass is 324 g/mol. The minimum atomic E-state index is -3.62. The summed E-state index contributed by atoms with van der Waals surface area (Å²) in [7, 11) is -3.62. The van der Waals surface area contributed by atoms with Crippen molar-refractivity contribution in [1.29, 1.82) is 0 Å². The van der Waals surface area contributed by atoms with Crippen molar-refractivity contribution in [2.24, 2.45) is 4.40 Å². The number of halogens is 1. The van der Waals surface area contributed by atoms with Crippen LogP contribution in [0.25, 0.3) is 4.91 Å². The van der Waals surface area contributed by atoms with Gasteiger partial charge in [-0.2, -0.15) is 8.42 Å². The largest absolute Gasteiger partial charge is 0.356 e. The van der Waals surface area contributed by atoms with E-state index in [0.717, 1.165) is 31.5 Å². The number of nitrogens with zero attached hydrogens (tertiary/aromatic N) is 2. The van der Waals surface area contributed by atoms with Crippen LogP contribution in [0.4, 0.5) is 0 Å². The van der Waals surface area contributed by atoms with Crippen LogP contribution in [0.5, 0.6) is 0 Å². The molecule has 1 aromatic rings. The lowest BCUT2D eigenvalue weighted by atomic mass is 10.1. The van der Waals surface area contributed by atoms with Crippen molar-refractivity contribution in [3.63, 3.8) is 0 Å². The van der Waals surface area contributed by atoms with Gasteiger partial charge in [0.05, 0.1) is 0 Å². The number of sulfonamides is 1. The molecule has 112 valence electrons. The number of hydrogen-bond acceptors (Lipinski definition) is 3. The van der Waals surface area contributed by atoms with Crippen molar-refractivity contribution in [1.82, 2.24) is 4.90 Å². The maximum atomic E-state index is 12.4. The first kappa shape index (κ1) is 14.6. The van der Waals surface area contributed by atoms with Crippen molar-refractivity contribution in [3.05, 3.63) is 40.4 Å². The first-order valence-corrected chi connectivity index (χ1v) is 8.88.